The fourth-order valence-electron chi connectivity index (χ4n) is 1.81. The Morgan fingerprint density at radius 3 is 2.67 bits per heavy atom. The van der Waals surface area contributed by atoms with Gasteiger partial charge in [0, 0.05) is 7.05 Å². The lowest BCUT2D eigenvalue weighted by Crippen LogP contribution is -2.26. The van der Waals surface area contributed by atoms with Crippen molar-refractivity contribution in [3.63, 3.8) is 0 Å². The molecule has 0 spiro atoms. The predicted octanol–water partition coefficient (Wildman–Crippen LogP) is 2.52. The average molecular weight is 310 g/mol. The van der Waals surface area contributed by atoms with Gasteiger partial charge in [-0.1, -0.05) is 18.2 Å². The van der Waals surface area contributed by atoms with Crippen LogP contribution in [0, 0.1) is 0 Å². The lowest BCUT2D eigenvalue weighted by Gasteiger charge is -2.18. The number of hydrogen-bond acceptors (Lipinski definition) is 3. The molecule has 1 unspecified atom stereocenters. The summed E-state index contributed by atoms with van der Waals surface area (Å²) >= 11 is 3.51. The van der Waals surface area contributed by atoms with Crippen LogP contribution in [0.25, 0.3) is 0 Å². The SMILES string of the molecule is CNC(COc1ccccc1)c1c(Br)cnn1C. The molecule has 1 aromatic carbocycles. The van der Waals surface area contributed by atoms with E-state index in [9.17, 15) is 0 Å². The Balaban J connectivity index is 2.07. The number of nitrogens with one attached hydrogen (secondary N) is 1. The van der Waals surface area contributed by atoms with Crippen LogP contribution in [0.15, 0.2) is 41.0 Å². The molecular formula is C13H16BrN3O. The molecule has 1 atom stereocenters. The van der Waals surface area contributed by atoms with Gasteiger partial charge in [-0.3, -0.25) is 4.68 Å². The van der Waals surface area contributed by atoms with E-state index in [1.54, 1.807) is 6.20 Å². The number of aryl methyl sites for hydroxylation is 1. The van der Waals surface area contributed by atoms with Crippen LogP contribution in [0.4, 0.5) is 0 Å². The van der Waals surface area contributed by atoms with Crippen LogP contribution in [0.1, 0.15) is 11.7 Å². The van der Waals surface area contributed by atoms with E-state index in [-0.39, 0.29) is 6.04 Å². The Morgan fingerprint density at radius 1 is 1.39 bits per heavy atom. The van der Waals surface area contributed by atoms with E-state index in [0.29, 0.717) is 6.61 Å². The minimum atomic E-state index is 0.0899. The smallest absolute Gasteiger partial charge is 0.119 e. The van der Waals surface area contributed by atoms with Gasteiger partial charge < -0.3 is 10.1 Å². The van der Waals surface area contributed by atoms with Gasteiger partial charge in [0.15, 0.2) is 0 Å². The number of halogens is 1. The van der Waals surface area contributed by atoms with Crippen molar-refractivity contribution >= 4 is 15.9 Å². The molecule has 0 radical (unpaired) electrons. The first kappa shape index (κ1) is 13.1. The van der Waals surface area contributed by atoms with E-state index in [1.807, 2.05) is 49.1 Å². The monoisotopic (exact) mass is 309 g/mol. The van der Waals surface area contributed by atoms with E-state index < -0.39 is 0 Å². The first-order chi connectivity index (χ1) is 8.72. The average Bonchev–Trinajstić information content (AvgIpc) is 2.73. The Labute approximate surface area is 115 Å². The molecule has 4 nitrogen and oxygen atoms in total. The molecule has 1 N–H and O–H groups in total. The summed E-state index contributed by atoms with van der Waals surface area (Å²) in [5, 5.41) is 7.45. The molecule has 1 heterocycles. The molecular weight excluding hydrogens is 294 g/mol. The number of aromatic nitrogens is 2. The molecule has 2 aromatic rings. The van der Waals surface area contributed by atoms with E-state index >= 15 is 0 Å². The van der Waals surface area contributed by atoms with Crippen LogP contribution < -0.4 is 10.1 Å². The third kappa shape index (κ3) is 2.91. The third-order valence-electron chi connectivity index (χ3n) is 2.78. The molecule has 0 aliphatic rings. The molecule has 0 aliphatic carbocycles. The molecule has 1 aromatic heterocycles. The second-order valence-electron chi connectivity index (χ2n) is 3.97. The Morgan fingerprint density at radius 2 is 2.11 bits per heavy atom. The maximum absolute atomic E-state index is 5.77. The molecule has 5 heteroatoms. The summed E-state index contributed by atoms with van der Waals surface area (Å²) < 4.78 is 8.60. The molecule has 0 bridgehead atoms. The maximum Gasteiger partial charge on any atom is 0.119 e. The lowest BCUT2D eigenvalue weighted by molar-refractivity contribution is 0.266. The molecule has 0 fully saturated rings. The molecule has 2 rings (SSSR count). The summed E-state index contributed by atoms with van der Waals surface area (Å²) in [5.74, 6) is 0.871. The van der Waals surface area contributed by atoms with Crippen LogP contribution in [0.2, 0.25) is 0 Å². The maximum atomic E-state index is 5.77. The molecule has 0 saturated heterocycles. The Kier molecular flexibility index (Phi) is 4.38. The van der Waals surface area contributed by atoms with Crippen LogP contribution >= 0.6 is 15.9 Å². The summed E-state index contributed by atoms with van der Waals surface area (Å²) in [6, 6.07) is 9.89. The number of rotatable bonds is 5. The number of benzene rings is 1. The molecule has 18 heavy (non-hydrogen) atoms. The minimum Gasteiger partial charge on any atom is -0.492 e. The van der Waals surface area contributed by atoms with Crippen LogP contribution in [-0.2, 0) is 7.05 Å². The number of para-hydroxylation sites is 1. The minimum absolute atomic E-state index is 0.0899. The van der Waals surface area contributed by atoms with Gasteiger partial charge >= 0.3 is 0 Å². The summed E-state index contributed by atoms with van der Waals surface area (Å²) in [6.45, 7) is 0.554. The summed E-state index contributed by atoms with van der Waals surface area (Å²) in [4.78, 5) is 0. The van der Waals surface area contributed by atoms with Gasteiger partial charge in [-0.05, 0) is 35.1 Å². The van der Waals surface area contributed by atoms with Gasteiger partial charge in [0.25, 0.3) is 0 Å². The normalized spacial score (nSPS) is 12.4. The topological polar surface area (TPSA) is 39.1 Å². The summed E-state index contributed by atoms with van der Waals surface area (Å²) in [5.41, 5.74) is 1.08. The van der Waals surface area contributed by atoms with Crippen molar-refractivity contribution in [2.75, 3.05) is 13.7 Å². The zero-order valence-electron chi connectivity index (χ0n) is 10.4. The lowest BCUT2D eigenvalue weighted by atomic mass is 10.2. The van der Waals surface area contributed by atoms with Gasteiger partial charge in [0.2, 0.25) is 0 Å². The van der Waals surface area contributed by atoms with Crippen LogP contribution in [0.5, 0.6) is 5.75 Å². The quantitative estimate of drug-likeness (QED) is 0.922. The fourth-order valence-corrected chi connectivity index (χ4v) is 2.43. The zero-order chi connectivity index (χ0) is 13.0. The van der Waals surface area contributed by atoms with Crippen molar-refractivity contribution in [2.24, 2.45) is 7.05 Å². The fraction of sp³-hybridized carbons (Fsp3) is 0.308. The number of likely N-dealkylation sites (N-methyl/N-ethyl adjacent to an activating group) is 1. The van der Waals surface area contributed by atoms with E-state index in [0.717, 1.165) is 15.9 Å². The van der Waals surface area contributed by atoms with Crippen molar-refractivity contribution < 1.29 is 4.74 Å². The first-order valence-electron chi connectivity index (χ1n) is 5.75. The Bertz CT molecular complexity index is 479. The highest BCUT2D eigenvalue weighted by atomic mass is 79.9. The molecule has 0 aliphatic heterocycles. The standard InChI is InChI=1S/C13H16BrN3O/c1-15-12(13-11(14)8-16-17(13)2)9-18-10-6-4-3-5-7-10/h3-8,12,15H,9H2,1-2H3. The molecule has 0 saturated carbocycles. The molecule has 0 amide bonds. The Hall–Kier alpha value is -1.33. The van der Waals surface area contributed by atoms with Crippen LogP contribution in [-0.4, -0.2) is 23.4 Å². The number of nitrogens with zero attached hydrogens (tertiary/aromatic N) is 2. The summed E-state index contributed by atoms with van der Waals surface area (Å²) in [7, 11) is 3.84. The predicted molar refractivity (Wildman–Crippen MR) is 74.6 cm³/mol. The third-order valence-corrected chi connectivity index (χ3v) is 3.39. The number of ether oxygens (including phenoxy) is 1. The second-order valence-corrected chi connectivity index (χ2v) is 4.82. The highest BCUT2D eigenvalue weighted by molar-refractivity contribution is 9.10. The second kappa shape index (κ2) is 6.02. The summed E-state index contributed by atoms with van der Waals surface area (Å²) in [6.07, 6.45) is 1.79. The first-order valence-corrected chi connectivity index (χ1v) is 6.54. The molecule has 96 valence electrons. The van der Waals surface area contributed by atoms with Gasteiger partial charge in [0.1, 0.15) is 12.4 Å². The van der Waals surface area contributed by atoms with E-state index in [4.69, 9.17) is 4.74 Å². The van der Waals surface area contributed by atoms with E-state index in [1.165, 1.54) is 0 Å². The van der Waals surface area contributed by atoms with Crippen LogP contribution in [0.3, 0.4) is 0 Å². The highest BCUT2D eigenvalue weighted by Crippen LogP contribution is 2.23. The van der Waals surface area contributed by atoms with Crippen molar-refractivity contribution in [3.8, 4) is 5.75 Å². The van der Waals surface area contributed by atoms with Gasteiger partial charge in [-0.15, -0.1) is 0 Å². The van der Waals surface area contributed by atoms with Gasteiger partial charge in [0.05, 0.1) is 22.4 Å². The van der Waals surface area contributed by atoms with E-state index in [2.05, 4.69) is 26.3 Å². The van der Waals surface area contributed by atoms with Gasteiger partial charge in [-0.25, -0.2) is 0 Å². The number of hydrogen-bond donors (Lipinski definition) is 1. The van der Waals surface area contributed by atoms with Crippen molar-refractivity contribution in [2.45, 2.75) is 6.04 Å². The zero-order valence-corrected chi connectivity index (χ0v) is 12.0. The van der Waals surface area contributed by atoms with Gasteiger partial charge in [-0.2, -0.15) is 5.10 Å². The van der Waals surface area contributed by atoms with Crippen molar-refractivity contribution in [1.29, 1.82) is 0 Å². The van der Waals surface area contributed by atoms with Crippen molar-refractivity contribution in [3.05, 3.63) is 46.7 Å². The van der Waals surface area contributed by atoms with Crippen molar-refractivity contribution in [1.82, 2.24) is 15.1 Å². The highest BCUT2D eigenvalue weighted by Gasteiger charge is 2.17. The largest absolute Gasteiger partial charge is 0.492 e.